The van der Waals surface area contributed by atoms with Crippen molar-refractivity contribution in [3.05, 3.63) is 0 Å². The summed E-state index contributed by atoms with van der Waals surface area (Å²) >= 11 is 0. The molecule has 0 aliphatic rings. The molecule has 0 fully saturated rings. The Labute approximate surface area is 167 Å². The molecule has 0 rings (SSSR count). The number of nitrogens with one attached hydrogen (secondary N) is 3. The minimum atomic E-state index is -1.14. The number of aliphatic carboxylic acids is 1. The second-order valence-corrected chi connectivity index (χ2v) is 8.28. The van der Waals surface area contributed by atoms with Crippen LogP contribution in [0.3, 0.4) is 0 Å². The summed E-state index contributed by atoms with van der Waals surface area (Å²) in [5.74, 6) is -3.17. The maximum Gasteiger partial charge on any atom is 0.326 e. The second-order valence-electron chi connectivity index (χ2n) is 8.28. The summed E-state index contributed by atoms with van der Waals surface area (Å²) in [6.07, 6.45) is 0.375. The summed E-state index contributed by atoms with van der Waals surface area (Å²) in [6, 6.07) is -3.60. The zero-order chi connectivity index (χ0) is 22.2. The Morgan fingerprint density at radius 3 is 1.57 bits per heavy atom. The van der Waals surface area contributed by atoms with Crippen LogP contribution in [0.1, 0.15) is 54.9 Å². The summed E-state index contributed by atoms with van der Waals surface area (Å²) in [7, 11) is 0. The summed E-state index contributed by atoms with van der Waals surface area (Å²) < 4.78 is 0. The fourth-order valence-corrected chi connectivity index (χ4v) is 2.55. The highest BCUT2D eigenvalue weighted by molar-refractivity contribution is 5.94. The highest BCUT2D eigenvalue weighted by Crippen LogP contribution is 2.09. The molecule has 0 saturated heterocycles. The van der Waals surface area contributed by atoms with E-state index in [2.05, 4.69) is 16.0 Å². The number of rotatable bonds is 11. The van der Waals surface area contributed by atoms with Gasteiger partial charge in [0.05, 0.1) is 6.04 Å². The van der Waals surface area contributed by atoms with E-state index in [-0.39, 0.29) is 17.8 Å². The first-order valence-corrected chi connectivity index (χ1v) is 9.67. The van der Waals surface area contributed by atoms with Gasteiger partial charge in [-0.25, -0.2) is 4.79 Å². The molecule has 9 nitrogen and oxygen atoms in total. The Bertz CT molecular complexity index is 561. The van der Waals surface area contributed by atoms with Gasteiger partial charge in [0.2, 0.25) is 17.7 Å². The van der Waals surface area contributed by atoms with Gasteiger partial charge in [-0.2, -0.15) is 0 Å². The van der Waals surface area contributed by atoms with Gasteiger partial charge in [0, 0.05) is 0 Å². The molecule has 0 aromatic carbocycles. The Hall–Kier alpha value is -2.16. The van der Waals surface area contributed by atoms with Gasteiger partial charge >= 0.3 is 5.97 Å². The lowest BCUT2D eigenvalue weighted by Crippen LogP contribution is -2.59. The molecule has 0 aliphatic heterocycles. The number of hydrogen-bond acceptors (Lipinski definition) is 5. The quantitative estimate of drug-likeness (QED) is 0.335. The molecule has 3 amide bonds. The molecule has 28 heavy (non-hydrogen) atoms. The molecule has 0 bridgehead atoms. The molecule has 162 valence electrons. The van der Waals surface area contributed by atoms with Crippen molar-refractivity contribution >= 4 is 23.7 Å². The van der Waals surface area contributed by atoms with E-state index in [1.54, 1.807) is 27.7 Å². The molecule has 0 aromatic heterocycles. The maximum absolute atomic E-state index is 12.7. The van der Waals surface area contributed by atoms with Crippen LogP contribution in [-0.2, 0) is 19.2 Å². The van der Waals surface area contributed by atoms with E-state index in [1.807, 2.05) is 13.8 Å². The first kappa shape index (κ1) is 25.8. The number of amides is 3. The molecule has 0 radical (unpaired) electrons. The molecule has 9 heteroatoms. The highest BCUT2D eigenvalue weighted by atomic mass is 16.4. The maximum atomic E-state index is 12.7. The van der Waals surface area contributed by atoms with Crippen molar-refractivity contribution in [1.29, 1.82) is 0 Å². The van der Waals surface area contributed by atoms with Crippen molar-refractivity contribution in [3.8, 4) is 0 Å². The van der Waals surface area contributed by atoms with Gasteiger partial charge in [-0.1, -0.05) is 41.5 Å². The Morgan fingerprint density at radius 1 is 0.750 bits per heavy atom. The lowest BCUT2D eigenvalue weighted by atomic mass is 9.98. The van der Waals surface area contributed by atoms with Crippen LogP contribution < -0.4 is 21.7 Å². The van der Waals surface area contributed by atoms with Crippen molar-refractivity contribution < 1.29 is 24.3 Å². The Balaban J connectivity index is 5.35. The van der Waals surface area contributed by atoms with Gasteiger partial charge in [-0.15, -0.1) is 0 Å². The van der Waals surface area contributed by atoms with Crippen molar-refractivity contribution in [2.24, 2.45) is 23.5 Å². The third-order valence-corrected chi connectivity index (χ3v) is 4.23. The number of carbonyl (C=O) groups is 4. The van der Waals surface area contributed by atoms with Gasteiger partial charge < -0.3 is 26.8 Å². The minimum absolute atomic E-state index is 0.118. The SMILES string of the molecule is CC(C)CC(NC(=O)C(C)N)C(=O)NC(C(=O)NC(C(=O)O)C(C)C)C(C)C. The van der Waals surface area contributed by atoms with Gasteiger partial charge in [0.25, 0.3) is 0 Å². The zero-order valence-corrected chi connectivity index (χ0v) is 17.9. The molecular formula is C19H36N4O5. The Kier molecular flexibility index (Phi) is 10.7. The van der Waals surface area contributed by atoms with Crippen LogP contribution in [0.15, 0.2) is 0 Å². The van der Waals surface area contributed by atoms with Crippen molar-refractivity contribution in [2.75, 3.05) is 0 Å². The third kappa shape index (κ3) is 8.69. The monoisotopic (exact) mass is 400 g/mol. The van der Waals surface area contributed by atoms with E-state index in [9.17, 15) is 24.3 Å². The first-order valence-electron chi connectivity index (χ1n) is 9.67. The standard InChI is InChI=1S/C19H36N4O5/c1-9(2)8-13(21-16(24)12(7)20)17(25)22-14(10(3)4)18(26)23-15(11(5)6)19(27)28/h9-15H,8,20H2,1-7H3,(H,21,24)(H,22,25)(H,23,26)(H,27,28). The lowest BCUT2D eigenvalue weighted by molar-refractivity contribution is -0.143. The number of carboxylic acids is 1. The number of carboxylic acid groups (broad SMARTS) is 1. The molecule has 0 saturated carbocycles. The van der Waals surface area contributed by atoms with E-state index >= 15 is 0 Å². The number of hydrogen-bond donors (Lipinski definition) is 5. The van der Waals surface area contributed by atoms with Gasteiger partial charge in [0.1, 0.15) is 18.1 Å². The van der Waals surface area contributed by atoms with Crippen LogP contribution in [0.2, 0.25) is 0 Å². The van der Waals surface area contributed by atoms with Crippen LogP contribution in [-0.4, -0.2) is 53.0 Å². The first-order chi connectivity index (χ1) is 12.8. The van der Waals surface area contributed by atoms with E-state index in [1.165, 1.54) is 6.92 Å². The predicted octanol–water partition coefficient (Wildman–Crippen LogP) is 0.231. The summed E-state index contributed by atoms with van der Waals surface area (Å²) in [6.45, 7) is 12.2. The summed E-state index contributed by atoms with van der Waals surface area (Å²) in [5, 5.41) is 17.0. The van der Waals surface area contributed by atoms with Crippen LogP contribution in [0.5, 0.6) is 0 Å². The zero-order valence-electron chi connectivity index (χ0n) is 17.9. The molecule has 0 heterocycles. The van der Waals surface area contributed by atoms with Crippen molar-refractivity contribution in [3.63, 3.8) is 0 Å². The van der Waals surface area contributed by atoms with E-state index in [4.69, 9.17) is 5.73 Å². The fourth-order valence-electron chi connectivity index (χ4n) is 2.55. The van der Waals surface area contributed by atoms with E-state index in [0.29, 0.717) is 6.42 Å². The molecule has 6 N–H and O–H groups in total. The molecule has 0 aliphatic carbocycles. The summed E-state index contributed by atoms with van der Waals surface area (Å²) in [4.78, 5) is 48.6. The van der Waals surface area contributed by atoms with Gasteiger partial charge in [-0.05, 0) is 31.1 Å². The van der Waals surface area contributed by atoms with Crippen LogP contribution >= 0.6 is 0 Å². The highest BCUT2D eigenvalue weighted by Gasteiger charge is 2.32. The minimum Gasteiger partial charge on any atom is -0.480 e. The largest absolute Gasteiger partial charge is 0.480 e. The predicted molar refractivity (Wildman–Crippen MR) is 106 cm³/mol. The second kappa shape index (κ2) is 11.6. The van der Waals surface area contributed by atoms with Crippen molar-refractivity contribution in [1.82, 2.24) is 16.0 Å². The molecule has 4 atom stereocenters. The molecular weight excluding hydrogens is 364 g/mol. The Morgan fingerprint density at radius 2 is 1.21 bits per heavy atom. The molecule has 0 spiro atoms. The van der Waals surface area contributed by atoms with Crippen LogP contribution in [0.4, 0.5) is 0 Å². The topological polar surface area (TPSA) is 151 Å². The fraction of sp³-hybridized carbons (Fsp3) is 0.789. The van der Waals surface area contributed by atoms with Crippen LogP contribution in [0.25, 0.3) is 0 Å². The normalized spacial score (nSPS) is 15.7. The lowest BCUT2D eigenvalue weighted by Gasteiger charge is -2.28. The van der Waals surface area contributed by atoms with Crippen LogP contribution in [0, 0.1) is 17.8 Å². The number of carbonyl (C=O) groups excluding carboxylic acids is 3. The average molecular weight is 401 g/mol. The van der Waals surface area contributed by atoms with E-state index in [0.717, 1.165) is 0 Å². The number of nitrogens with two attached hydrogens (primary N) is 1. The molecule has 0 aromatic rings. The van der Waals surface area contributed by atoms with Crippen molar-refractivity contribution in [2.45, 2.75) is 79.1 Å². The summed E-state index contributed by atoms with van der Waals surface area (Å²) in [5.41, 5.74) is 5.56. The van der Waals surface area contributed by atoms with Gasteiger partial charge in [0.15, 0.2) is 0 Å². The van der Waals surface area contributed by atoms with E-state index < -0.39 is 47.9 Å². The molecule has 4 unspecified atom stereocenters. The smallest absolute Gasteiger partial charge is 0.326 e. The third-order valence-electron chi connectivity index (χ3n) is 4.23. The average Bonchev–Trinajstić information content (AvgIpc) is 2.54. The van der Waals surface area contributed by atoms with Gasteiger partial charge in [-0.3, -0.25) is 14.4 Å².